The van der Waals surface area contributed by atoms with Gasteiger partial charge in [-0.3, -0.25) is 38.4 Å². The van der Waals surface area contributed by atoms with Crippen LogP contribution in [0.5, 0.6) is 17.2 Å². The molecule has 0 spiro atoms. The number of phenols is 1. The van der Waals surface area contributed by atoms with Crippen LogP contribution in [0.3, 0.4) is 0 Å². The molecule has 8 amide bonds. The summed E-state index contributed by atoms with van der Waals surface area (Å²) in [5.41, 5.74) is 6.12. The van der Waals surface area contributed by atoms with E-state index in [1.54, 1.807) is 30.3 Å². The summed E-state index contributed by atoms with van der Waals surface area (Å²) >= 11 is 0. The molecule has 3 saturated heterocycles. The molecule has 4 heterocycles. The van der Waals surface area contributed by atoms with E-state index in [1.165, 1.54) is 31.2 Å². The molecule has 0 aliphatic carbocycles. The topological polar surface area (TPSA) is 513 Å². The molecule has 32 nitrogen and oxygen atoms in total. The molecule has 0 unspecified atom stereocenters. The molecule has 1 aromatic heterocycles. The Kier molecular flexibility index (Phi) is 24.5. The number of aromatic hydroxyl groups is 1. The number of nitrogens with one attached hydrogen (secondary N) is 5. The maximum absolute atomic E-state index is 14.6. The molecule has 34 heteroatoms. The summed E-state index contributed by atoms with van der Waals surface area (Å²) in [6.45, 7) is 1.45. The van der Waals surface area contributed by atoms with Crippen molar-refractivity contribution in [2.45, 2.75) is 131 Å². The second kappa shape index (κ2) is 30.9. The van der Waals surface area contributed by atoms with Gasteiger partial charge in [-0.2, -0.15) is 0 Å². The summed E-state index contributed by atoms with van der Waals surface area (Å²) in [5.74, 6) is -13.0. The number of aliphatic hydroxyl groups excluding tert-OH is 8. The molecule has 16 N–H and O–H groups in total. The van der Waals surface area contributed by atoms with Crippen molar-refractivity contribution in [3.05, 3.63) is 83.9 Å². The van der Waals surface area contributed by atoms with Gasteiger partial charge in [0.1, 0.15) is 66.0 Å². The van der Waals surface area contributed by atoms with Gasteiger partial charge in [0.05, 0.1) is 37.9 Å². The minimum atomic E-state index is -5.60. The third-order valence-electron chi connectivity index (χ3n) is 14.9. The number of ether oxygens (including phenoxy) is 1. The van der Waals surface area contributed by atoms with Gasteiger partial charge in [-0.25, -0.2) is 8.42 Å². The number of benzene rings is 3. The van der Waals surface area contributed by atoms with Crippen LogP contribution >= 0.6 is 0 Å². The molecule has 0 radical (unpaired) electrons. The number of carbonyl (C=O) groups excluding carboxylic acids is 8. The SMILES string of the molecule is CCCCCOc1ccc(-c2cc(-c3ccc(C(=O)N[C@H]4C[C@@H](O)[C@@H](O)NC(=O)[C@@H]5[C@@H](O)[C@@H](C)CN5C(=O)[C@H]([C@H](O)CC(N)=O)NC(=O)[C@H]([C@H](O)[C@@H](O)c5ccc(O)c(OS(=O)(=O)[O-])c5)NC(=O)[C@@H]5C[C@@H](O)CN5C(=O)[C@H](CO)NC4=O)cc3)no2)cc1.[Na+]. The Balaban J connectivity index is 0.0000126. The first kappa shape index (κ1) is 70.7. The molecular formula is C55H68N9NaO23S. The number of hydrogen-bond acceptors (Lipinski definition) is 24. The van der Waals surface area contributed by atoms with E-state index >= 15 is 0 Å². The van der Waals surface area contributed by atoms with Crippen molar-refractivity contribution >= 4 is 57.7 Å². The van der Waals surface area contributed by atoms with Gasteiger partial charge in [-0.1, -0.05) is 50.0 Å². The summed E-state index contributed by atoms with van der Waals surface area (Å²) in [4.78, 5) is 114. The molecular weight excluding hydrogens is 1210 g/mol. The molecule has 0 bridgehead atoms. The zero-order chi connectivity index (χ0) is 64.5. The maximum atomic E-state index is 14.6. The van der Waals surface area contributed by atoms with Crippen LogP contribution in [-0.2, 0) is 44.0 Å². The minimum absolute atomic E-state index is 0. The van der Waals surface area contributed by atoms with Gasteiger partial charge in [0.15, 0.2) is 23.5 Å². The summed E-state index contributed by atoms with van der Waals surface area (Å²) in [5, 5.41) is 115. The predicted octanol–water partition coefficient (Wildman–Crippen LogP) is -7.63. The minimum Gasteiger partial charge on any atom is -0.716 e. The van der Waals surface area contributed by atoms with Crippen molar-refractivity contribution in [3.63, 3.8) is 0 Å². The molecule has 0 saturated carbocycles. The smallest absolute Gasteiger partial charge is 0.716 e. The number of nitrogens with two attached hydrogens (primary N) is 1. The Hall–Kier alpha value is -7.38. The average Bonchev–Trinajstić information content (AvgIpc) is 2.43. The summed E-state index contributed by atoms with van der Waals surface area (Å²) < 4.78 is 49.9. The average molecular weight is 1280 g/mol. The maximum Gasteiger partial charge on any atom is 1.00 e. The summed E-state index contributed by atoms with van der Waals surface area (Å²) in [6, 6.07) is 3.43. The molecule has 3 aliphatic rings. The van der Waals surface area contributed by atoms with Gasteiger partial charge in [-0.15, -0.1) is 0 Å². The standard InChI is InChI=1S/C55H69N9O23S.Na/c1-3-4-5-16-85-31-13-10-27(11-14-31)39-20-32(62-86-39)26-6-8-28(9-7-26)48(74)57-33-19-38(69)51(77)61-53(79)44-45(71)25(2)22-64(44)55(81)42(37(68)21-41(56)70)59-52(78)43(47(73)46(72)29-12-15-36(67)40(17-29)87-88(82,83)84)60-50(76)35-18-30(66)23-63(35)54(80)34(24-65)58-49(33)75;/h6-15,17,20,25,30,33-35,37-38,42-47,51,65-69,71-73,77H,3-5,16,18-19,21-24H2,1-2H3,(H2,56,70)(H,57,74)(H,58,75)(H,59,78)(H,60,76)(H,61,79)(H,82,83,84);/q;+1/p-1/t25-,30+,33-,34-,35-,37+,38+,42-,43-,44-,45-,46-,47-,51+;/m0./s1. The fourth-order valence-corrected chi connectivity index (χ4v) is 10.5. The largest absolute Gasteiger partial charge is 1.00 e. The number of fused-ring (bicyclic) bond motifs is 2. The number of rotatable bonds is 18. The van der Waals surface area contributed by atoms with Crippen molar-refractivity contribution in [3.8, 4) is 39.8 Å². The van der Waals surface area contributed by atoms with E-state index in [0.717, 1.165) is 25.3 Å². The van der Waals surface area contributed by atoms with Gasteiger partial charge in [-0.05, 0) is 60.5 Å². The van der Waals surface area contributed by atoms with Crippen LogP contribution < -0.4 is 70.8 Å². The number of nitrogens with zero attached hydrogens (tertiary/aromatic N) is 3. The number of carbonyl (C=O) groups is 8. The van der Waals surface area contributed by atoms with Gasteiger partial charge in [0, 0.05) is 54.6 Å². The Morgan fingerprint density at radius 3 is 2.12 bits per heavy atom. The van der Waals surface area contributed by atoms with E-state index in [2.05, 4.69) is 32.2 Å². The van der Waals surface area contributed by atoms with E-state index in [4.69, 9.17) is 15.0 Å². The normalized spacial score (nSPS) is 25.9. The molecule has 14 atom stereocenters. The van der Waals surface area contributed by atoms with E-state index in [0.29, 0.717) is 56.9 Å². The van der Waals surface area contributed by atoms with E-state index < -0.39 is 199 Å². The van der Waals surface area contributed by atoms with Crippen molar-refractivity contribution < 1.29 is 140 Å². The van der Waals surface area contributed by atoms with E-state index in [1.807, 2.05) is 10.6 Å². The molecule has 3 aromatic carbocycles. The van der Waals surface area contributed by atoms with Crippen LogP contribution in [0.1, 0.15) is 74.4 Å². The number of aromatic nitrogens is 1. The number of hydrogen-bond donors (Lipinski definition) is 15. The van der Waals surface area contributed by atoms with Crippen LogP contribution in [0, 0.1) is 5.92 Å². The fourth-order valence-electron chi connectivity index (χ4n) is 10.2. The first-order valence-corrected chi connectivity index (χ1v) is 29.0. The van der Waals surface area contributed by atoms with E-state index in [9.17, 15) is 97.3 Å². The number of amides is 8. The third kappa shape index (κ3) is 17.7. The molecule has 89 heavy (non-hydrogen) atoms. The zero-order valence-corrected chi connectivity index (χ0v) is 51.0. The van der Waals surface area contributed by atoms with Crippen LogP contribution in [0.15, 0.2) is 77.3 Å². The summed E-state index contributed by atoms with van der Waals surface area (Å²) in [6.07, 6.45) is -15.4. The van der Waals surface area contributed by atoms with Gasteiger partial charge in [0.2, 0.25) is 41.4 Å². The summed E-state index contributed by atoms with van der Waals surface area (Å²) in [7, 11) is -5.60. The van der Waals surface area contributed by atoms with Crippen molar-refractivity contribution in [2.75, 3.05) is 26.3 Å². The monoisotopic (exact) mass is 1280 g/mol. The predicted molar refractivity (Wildman–Crippen MR) is 297 cm³/mol. The number of phenolic OH excluding ortho intramolecular Hbond substituents is 1. The van der Waals surface area contributed by atoms with Crippen LogP contribution in [0.25, 0.3) is 22.6 Å². The number of primary amides is 1. The second-order valence-corrected chi connectivity index (χ2v) is 22.4. The Labute approximate surface area is 529 Å². The number of aliphatic hydroxyl groups is 8. The Morgan fingerprint density at radius 1 is 0.820 bits per heavy atom. The van der Waals surface area contributed by atoms with Crippen molar-refractivity contribution in [1.82, 2.24) is 41.5 Å². The quantitative estimate of drug-likeness (QED) is 0.0190. The van der Waals surface area contributed by atoms with Gasteiger partial charge < -0.3 is 106 Å². The van der Waals surface area contributed by atoms with Gasteiger partial charge in [0.25, 0.3) is 16.3 Å². The van der Waals surface area contributed by atoms with Crippen molar-refractivity contribution in [1.29, 1.82) is 0 Å². The van der Waals surface area contributed by atoms with Gasteiger partial charge >= 0.3 is 29.6 Å². The van der Waals surface area contributed by atoms with Crippen LogP contribution in [-0.4, -0.2) is 220 Å². The molecule has 478 valence electrons. The molecule has 3 aliphatic heterocycles. The third-order valence-corrected chi connectivity index (χ3v) is 15.3. The molecule has 3 fully saturated rings. The fraction of sp³-hybridized carbons (Fsp3) is 0.473. The second-order valence-electron chi connectivity index (χ2n) is 21.4. The van der Waals surface area contributed by atoms with Crippen molar-refractivity contribution in [2.24, 2.45) is 11.7 Å². The first-order valence-electron chi connectivity index (χ1n) is 27.7. The van der Waals surface area contributed by atoms with Crippen LogP contribution in [0.2, 0.25) is 0 Å². The molecule has 4 aromatic rings. The molecule has 7 rings (SSSR count). The zero-order valence-electron chi connectivity index (χ0n) is 48.1. The Bertz CT molecular complexity index is 3310. The Morgan fingerprint density at radius 2 is 1.48 bits per heavy atom. The number of unbranched alkanes of at least 4 members (excludes halogenated alkanes) is 2. The van der Waals surface area contributed by atoms with Crippen LogP contribution in [0.4, 0.5) is 0 Å². The van der Waals surface area contributed by atoms with E-state index in [-0.39, 0.29) is 35.1 Å². The first-order chi connectivity index (χ1) is 41.6.